The molecule has 8 heteroatoms. The van der Waals surface area contributed by atoms with Gasteiger partial charge in [0.25, 0.3) is 0 Å². The van der Waals surface area contributed by atoms with E-state index in [2.05, 4.69) is 0 Å². The molecule has 4 N–H and O–H groups in total. The van der Waals surface area contributed by atoms with Crippen LogP contribution in [0, 0.1) is 0 Å². The van der Waals surface area contributed by atoms with Crippen LogP contribution in [0.4, 0.5) is 0 Å². The zero-order valence-corrected chi connectivity index (χ0v) is 19.8. The molecule has 1 saturated carbocycles. The van der Waals surface area contributed by atoms with Crippen molar-refractivity contribution in [1.29, 1.82) is 0 Å². The van der Waals surface area contributed by atoms with Gasteiger partial charge in [0.2, 0.25) is 0 Å². The number of aliphatic hydroxyl groups is 4. The number of ether oxygens (including phenoxy) is 2. The van der Waals surface area contributed by atoms with E-state index in [0.29, 0.717) is 17.5 Å². The van der Waals surface area contributed by atoms with Crippen molar-refractivity contribution in [2.75, 3.05) is 6.61 Å². The van der Waals surface area contributed by atoms with E-state index in [-0.39, 0.29) is 13.2 Å². The Labute approximate surface area is 202 Å². The highest BCUT2D eigenvalue weighted by molar-refractivity contribution is 8.00. The van der Waals surface area contributed by atoms with Gasteiger partial charge < -0.3 is 29.9 Å². The molecule has 5 rings (SSSR count). The Morgan fingerprint density at radius 2 is 1.79 bits per heavy atom. The molecule has 0 bridgehead atoms. The van der Waals surface area contributed by atoms with Crippen molar-refractivity contribution in [3.63, 3.8) is 0 Å². The third kappa shape index (κ3) is 4.29. The molecular weight excluding hydrogens is 464 g/mol. The molecule has 1 aliphatic carbocycles. The third-order valence-corrected chi connectivity index (χ3v) is 8.97. The summed E-state index contributed by atoms with van der Waals surface area (Å²) in [5.41, 5.74) is 3.50. The summed E-state index contributed by atoms with van der Waals surface area (Å²) >= 11 is 7.75. The molecule has 6 nitrogen and oxygen atoms in total. The number of hydrogen-bond acceptors (Lipinski definition) is 7. The molecule has 0 amide bonds. The van der Waals surface area contributed by atoms with Gasteiger partial charge in [-0.15, -0.1) is 11.8 Å². The number of thioether (sulfide) groups is 1. The second-order valence-corrected chi connectivity index (χ2v) is 11.0. The molecule has 0 aromatic heterocycles. The van der Waals surface area contributed by atoms with E-state index in [0.717, 1.165) is 52.6 Å². The molecule has 2 aromatic rings. The maximum Gasteiger partial charge on any atom is 0.168 e. The lowest BCUT2D eigenvalue weighted by Crippen LogP contribution is -2.58. The fraction of sp³-hybridized carbons (Fsp3) is 0.520. The summed E-state index contributed by atoms with van der Waals surface area (Å²) in [6.07, 6.45) is 1.56. The van der Waals surface area contributed by atoms with Gasteiger partial charge >= 0.3 is 0 Å². The molecule has 0 unspecified atom stereocenters. The molecule has 5 atom stereocenters. The van der Waals surface area contributed by atoms with Crippen molar-refractivity contribution in [3.05, 3.63) is 63.7 Å². The molecule has 33 heavy (non-hydrogen) atoms. The van der Waals surface area contributed by atoms with Crippen LogP contribution in [-0.2, 0) is 22.7 Å². The molecule has 1 saturated heterocycles. The predicted octanol–water partition coefficient (Wildman–Crippen LogP) is 3.13. The van der Waals surface area contributed by atoms with Crippen molar-refractivity contribution in [2.24, 2.45) is 0 Å². The molecule has 0 radical (unpaired) electrons. The number of benzene rings is 2. The number of fused-ring (bicyclic) bond motifs is 2. The summed E-state index contributed by atoms with van der Waals surface area (Å²) in [7, 11) is 0. The fourth-order valence-corrected chi connectivity index (χ4v) is 6.89. The first-order valence-corrected chi connectivity index (χ1v) is 12.7. The lowest BCUT2D eigenvalue weighted by Gasteiger charge is -2.45. The van der Waals surface area contributed by atoms with Crippen LogP contribution in [0.15, 0.2) is 36.4 Å². The minimum Gasteiger partial charge on any atom is -0.490 e. The van der Waals surface area contributed by atoms with E-state index in [1.54, 1.807) is 0 Å². The van der Waals surface area contributed by atoms with Gasteiger partial charge in [-0.05, 0) is 73.1 Å². The van der Waals surface area contributed by atoms with Crippen LogP contribution in [-0.4, -0.2) is 56.7 Å². The van der Waals surface area contributed by atoms with Crippen molar-refractivity contribution < 1.29 is 29.9 Å². The van der Waals surface area contributed by atoms with Crippen LogP contribution in [0.5, 0.6) is 5.75 Å². The zero-order valence-electron chi connectivity index (χ0n) is 18.2. The first kappa shape index (κ1) is 23.4. The van der Waals surface area contributed by atoms with E-state index in [4.69, 9.17) is 21.1 Å². The molecule has 178 valence electrons. The monoisotopic (exact) mass is 492 g/mol. The van der Waals surface area contributed by atoms with Crippen molar-refractivity contribution in [3.8, 4) is 5.75 Å². The molecule has 2 aromatic carbocycles. The van der Waals surface area contributed by atoms with E-state index < -0.39 is 28.5 Å². The van der Waals surface area contributed by atoms with Crippen LogP contribution in [0.3, 0.4) is 0 Å². The van der Waals surface area contributed by atoms with Gasteiger partial charge in [0.15, 0.2) is 4.93 Å². The minimum absolute atomic E-state index is 0.230. The molecule has 3 aliphatic rings. The van der Waals surface area contributed by atoms with Gasteiger partial charge in [-0.3, -0.25) is 0 Å². The SMILES string of the molecule is OC[C@H]1S[C@]2(OCc3cc(Cl)c(Cc4ccc(OC5CCCC5)cc4)cc32)[C@H](O)[C@@H](O)[C@@H]1O. The van der Waals surface area contributed by atoms with Crippen molar-refractivity contribution in [1.82, 2.24) is 0 Å². The Kier molecular flexibility index (Phi) is 6.66. The lowest BCUT2D eigenvalue weighted by molar-refractivity contribution is -0.147. The maximum absolute atomic E-state index is 10.9. The van der Waals surface area contributed by atoms with E-state index >= 15 is 0 Å². The summed E-state index contributed by atoms with van der Waals surface area (Å²) < 4.78 is 12.1. The Hall–Kier alpha value is -1.32. The third-order valence-electron chi connectivity index (χ3n) is 6.96. The van der Waals surface area contributed by atoms with Gasteiger partial charge in [-0.25, -0.2) is 0 Å². The Bertz CT molecular complexity index is 993. The summed E-state index contributed by atoms with van der Waals surface area (Å²) in [4.78, 5) is -1.26. The van der Waals surface area contributed by atoms with Crippen LogP contribution in [0.1, 0.15) is 47.9 Å². The van der Waals surface area contributed by atoms with Crippen LogP contribution >= 0.6 is 23.4 Å². The average molecular weight is 493 g/mol. The molecule has 2 fully saturated rings. The Morgan fingerprint density at radius 3 is 2.48 bits per heavy atom. The van der Waals surface area contributed by atoms with E-state index in [1.165, 1.54) is 12.8 Å². The molecular formula is C25H29ClO6S. The van der Waals surface area contributed by atoms with Gasteiger partial charge in [0, 0.05) is 10.6 Å². The van der Waals surface area contributed by atoms with Gasteiger partial charge in [-0.2, -0.15) is 0 Å². The van der Waals surface area contributed by atoms with Crippen molar-refractivity contribution >= 4 is 23.4 Å². The van der Waals surface area contributed by atoms with Crippen LogP contribution in [0.2, 0.25) is 5.02 Å². The van der Waals surface area contributed by atoms with Gasteiger partial charge in [0.1, 0.15) is 18.0 Å². The predicted molar refractivity (Wildman–Crippen MR) is 127 cm³/mol. The fourth-order valence-electron chi connectivity index (χ4n) is 5.09. The lowest BCUT2D eigenvalue weighted by atomic mass is 9.91. The van der Waals surface area contributed by atoms with E-state index in [9.17, 15) is 20.4 Å². The number of halogens is 1. The van der Waals surface area contributed by atoms with Crippen LogP contribution in [0.25, 0.3) is 0 Å². The minimum atomic E-state index is -1.43. The summed E-state index contributed by atoms with van der Waals surface area (Å²) in [6.45, 7) is -0.112. The van der Waals surface area contributed by atoms with Crippen molar-refractivity contribution in [2.45, 2.75) is 73.3 Å². The molecule has 2 heterocycles. The first-order chi connectivity index (χ1) is 15.9. The second-order valence-electron chi connectivity index (χ2n) is 9.17. The largest absolute Gasteiger partial charge is 0.490 e. The standard InChI is InChI=1S/C25H29ClO6S/c26-20-11-16-13-31-25(24(30)23(29)22(28)21(12-27)33-25)19(16)10-15(20)9-14-5-7-18(8-6-14)32-17-3-1-2-4-17/h5-8,10-11,17,21-24,27-30H,1-4,9,12-13H2/t21-,22-,23+,24-,25+/m1/s1. The quantitative estimate of drug-likeness (QED) is 0.509. The van der Waals surface area contributed by atoms with E-state index in [1.807, 2.05) is 36.4 Å². The normalized spacial score (nSPS) is 31.8. The highest BCUT2D eigenvalue weighted by atomic mass is 35.5. The molecule has 1 spiro atoms. The van der Waals surface area contributed by atoms with Gasteiger partial charge in [0.05, 0.1) is 30.7 Å². The first-order valence-electron chi connectivity index (χ1n) is 11.5. The highest BCUT2D eigenvalue weighted by Gasteiger charge is 2.57. The number of hydrogen-bond donors (Lipinski definition) is 4. The topological polar surface area (TPSA) is 99.4 Å². The molecule has 2 aliphatic heterocycles. The highest BCUT2D eigenvalue weighted by Crippen LogP contribution is 2.54. The Balaban J connectivity index is 1.40. The maximum atomic E-state index is 10.9. The zero-order chi connectivity index (χ0) is 23.2. The second kappa shape index (κ2) is 9.38. The smallest absolute Gasteiger partial charge is 0.168 e. The van der Waals surface area contributed by atoms with Gasteiger partial charge in [-0.1, -0.05) is 23.7 Å². The summed E-state index contributed by atoms with van der Waals surface area (Å²) in [6, 6.07) is 11.8. The number of aliphatic hydroxyl groups excluding tert-OH is 4. The summed E-state index contributed by atoms with van der Waals surface area (Å²) in [5.74, 6) is 0.877. The Morgan fingerprint density at radius 1 is 1.06 bits per heavy atom. The number of rotatable bonds is 5. The summed E-state index contributed by atoms with van der Waals surface area (Å²) in [5, 5.41) is 41.2. The van der Waals surface area contributed by atoms with Crippen LogP contribution < -0.4 is 4.74 Å². The average Bonchev–Trinajstić information content (AvgIpc) is 3.45.